The van der Waals surface area contributed by atoms with Crippen molar-refractivity contribution in [3.8, 4) is 0 Å². The van der Waals surface area contributed by atoms with Crippen molar-refractivity contribution in [1.29, 1.82) is 0 Å². The van der Waals surface area contributed by atoms with E-state index in [2.05, 4.69) is 26.6 Å². The number of anilines is 1. The molecule has 3 nitrogen and oxygen atoms in total. The second-order valence-electron chi connectivity index (χ2n) is 4.32. The van der Waals surface area contributed by atoms with Crippen molar-refractivity contribution in [1.82, 2.24) is 5.32 Å². The molecule has 1 heterocycles. The predicted octanol–water partition coefficient (Wildman–Crippen LogP) is 2.38. The molecular formula is C12H14BrFN2O. The maximum Gasteiger partial charge on any atom is 0.227 e. The fourth-order valence-electron chi connectivity index (χ4n) is 1.72. The minimum atomic E-state index is -0.328. The second-order valence-corrected chi connectivity index (χ2v) is 5.17. The first-order chi connectivity index (χ1) is 8.08. The van der Waals surface area contributed by atoms with Gasteiger partial charge in [0, 0.05) is 10.4 Å². The summed E-state index contributed by atoms with van der Waals surface area (Å²) in [5.41, 5.74) is 0.607. The Hall–Kier alpha value is -0.940. The van der Waals surface area contributed by atoms with Gasteiger partial charge in [0.2, 0.25) is 5.91 Å². The van der Waals surface area contributed by atoms with Gasteiger partial charge in [-0.2, -0.15) is 0 Å². The largest absolute Gasteiger partial charge is 0.325 e. The van der Waals surface area contributed by atoms with Crippen molar-refractivity contribution in [2.24, 2.45) is 11.8 Å². The van der Waals surface area contributed by atoms with Crippen LogP contribution in [0.4, 0.5) is 10.1 Å². The zero-order valence-electron chi connectivity index (χ0n) is 9.47. The normalized spacial score (nSPS) is 17.4. The van der Waals surface area contributed by atoms with Crippen molar-refractivity contribution < 1.29 is 9.18 Å². The summed E-state index contributed by atoms with van der Waals surface area (Å²) in [5.74, 6) is 0.0114. The van der Waals surface area contributed by atoms with Gasteiger partial charge in [0.25, 0.3) is 0 Å². The Morgan fingerprint density at radius 2 is 2.29 bits per heavy atom. The average Bonchev–Trinajstić information content (AvgIpc) is 2.19. The highest BCUT2D eigenvalue weighted by molar-refractivity contribution is 9.10. The van der Waals surface area contributed by atoms with Crippen LogP contribution in [0.1, 0.15) is 6.92 Å². The first kappa shape index (κ1) is 12.5. The van der Waals surface area contributed by atoms with Crippen LogP contribution in [0.2, 0.25) is 0 Å². The molecule has 0 radical (unpaired) electrons. The molecule has 1 aromatic rings. The third-order valence-corrected chi connectivity index (χ3v) is 3.78. The van der Waals surface area contributed by atoms with Gasteiger partial charge >= 0.3 is 0 Å². The summed E-state index contributed by atoms with van der Waals surface area (Å²) < 4.78 is 13.4. The van der Waals surface area contributed by atoms with Crippen molar-refractivity contribution in [3.05, 3.63) is 28.5 Å². The molecule has 1 amide bonds. The number of benzene rings is 1. The summed E-state index contributed by atoms with van der Waals surface area (Å²) in [6.07, 6.45) is 0. The highest BCUT2D eigenvalue weighted by Gasteiger charge is 2.28. The maximum atomic E-state index is 12.9. The minimum Gasteiger partial charge on any atom is -0.325 e. The SMILES string of the molecule is CC(C(=O)Nc1ccc(F)cc1Br)C1CNC1. The molecule has 1 saturated heterocycles. The third-order valence-electron chi connectivity index (χ3n) is 3.12. The van der Waals surface area contributed by atoms with Gasteiger partial charge in [-0.05, 0) is 53.1 Å². The minimum absolute atomic E-state index is 0.0243. The summed E-state index contributed by atoms with van der Waals surface area (Å²) in [6.45, 7) is 3.69. The molecule has 1 aliphatic rings. The number of hydrogen-bond acceptors (Lipinski definition) is 2. The van der Waals surface area contributed by atoms with E-state index in [1.165, 1.54) is 12.1 Å². The number of halogens is 2. The number of carbonyl (C=O) groups is 1. The molecule has 1 aliphatic heterocycles. The molecule has 0 spiro atoms. The molecule has 92 valence electrons. The van der Waals surface area contributed by atoms with E-state index < -0.39 is 0 Å². The van der Waals surface area contributed by atoms with Crippen molar-refractivity contribution in [3.63, 3.8) is 0 Å². The van der Waals surface area contributed by atoms with Crippen LogP contribution < -0.4 is 10.6 Å². The van der Waals surface area contributed by atoms with E-state index in [1.54, 1.807) is 6.07 Å². The van der Waals surface area contributed by atoms with E-state index in [0.717, 1.165) is 13.1 Å². The van der Waals surface area contributed by atoms with Crippen LogP contribution in [-0.4, -0.2) is 19.0 Å². The number of hydrogen-bond donors (Lipinski definition) is 2. The molecule has 1 unspecified atom stereocenters. The molecule has 0 bridgehead atoms. The maximum absolute atomic E-state index is 12.9. The van der Waals surface area contributed by atoms with Gasteiger partial charge in [0.15, 0.2) is 0 Å². The Labute approximate surface area is 108 Å². The van der Waals surface area contributed by atoms with Crippen molar-refractivity contribution in [2.45, 2.75) is 6.92 Å². The smallest absolute Gasteiger partial charge is 0.227 e. The summed E-state index contributed by atoms with van der Waals surface area (Å²) in [5, 5.41) is 5.95. The molecule has 1 fully saturated rings. The third kappa shape index (κ3) is 2.84. The van der Waals surface area contributed by atoms with Gasteiger partial charge in [-0.25, -0.2) is 4.39 Å². The molecule has 5 heteroatoms. The van der Waals surface area contributed by atoms with E-state index in [-0.39, 0.29) is 17.6 Å². The number of rotatable bonds is 3. The van der Waals surface area contributed by atoms with Crippen molar-refractivity contribution in [2.75, 3.05) is 18.4 Å². The zero-order chi connectivity index (χ0) is 12.4. The van der Waals surface area contributed by atoms with Gasteiger partial charge in [-0.1, -0.05) is 6.92 Å². The highest BCUT2D eigenvalue weighted by Crippen LogP contribution is 2.25. The summed E-state index contributed by atoms with van der Waals surface area (Å²) in [4.78, 5) is 11.9. The molecular weight excluding hydrogens is 287 g/mol. The van der Waals surface area contributed by atoms with Crippen LogP contribution in [0, 0.1) is 17.7 Å². The first-order valence-corrected chi connectivity index (χ1v) is 6.34. The molecule has 1 aromatic carbocycles. The van der Waals surface area contributed by atoms with Gasteiger partial charge in [0.05, 0.1) is 5.69 Å². The van der Waals surface area contributed by atoms with E-state index in [0.29, 0.717) is 16.1 Å². The van der Waals surface area contributed by atoms with Crippen LogP contribution in [0.3, 0.4) is 0 Å². The van der Waals surface area contributed by atoms with E-state index in [4.69, 9.17) is 0 Å². The molecule has 0 aromatic heterocycles. The summed E-state index contributed by atoms with van der Waals surface area (Å²) >= 11 is 3.23. The van der Waals surface area contributed by atoms with Crippen LogP contribution in [0.5, 0.6) is 0 Å². The second kappa shape index (κ2) is 5.14. The fourth-order valence-corrected chi connectivity index (χ4v) is 2.17. The van der Waals surface area contributed by atoms with Gasteiger partial charge in [-0.3, -0.25) is 4.79 Å². The lowest BCUT2D eigenvalue weighted by molar-refractivity contribution is -0.121. The van der Waals surface area contributed by atoms with E-state index in [9.17, 15) is 9.18 Å². The monoisotopic (exact) mass is 300 g/mol. The molecule has 1 atom stereocenters. The number of nitrogens with one attached hydrogen (secondary N) is 2. The highest BCUT2D eigenvalue weighted by atomic mass is 79.9. The Morgan fingerprint density at radius 1 is 1.59 bits per heavy atom. The Kier molecular flexibility index (Phi) is 3.79. The molecule has 17 heavy (non-hydrogen) atoms. The van der Waals surface area contributed by atoms with Crippen LogP contribution in [0.15, 0.2) is 22.7 Å². The Bertz CT molecular complexity index is 435. The lowest BCUT2D eigenvalue weighted by Gasteiger charge is -2.31. The van der Waals surface area contributed by atoms with E-state index >= 15 is 0 Å². The Morgan fingerprint density at radius 3 is 2.82 bits per heavy atom. The number of carbonyl (C=O) groups excluding carboxylic acids is 1. The average molecular weight is 301 g/mol. The predicted molar refractivity (Wildman–Crippen MR) is 68.3 cm³/mol. The van der Waals surface area contributed by atoms with Gasteiger partial charge in [0.1, 0.15) is 5.82 Å². The zero-order valence-corrected chi connectivity index (χ0v) is 11.1. The molecule has 0 aliphatic carbocycles. The molecule has 2 N–H and O–H groups in total. The lowest BCUT2D eigenvalue weighted by atomic mass is 9.88. The van der Waals surface area contributed by atoms with Crippen LogP contribution in [0.25, 0.3) is 0 Å². The van der Waals surface area contributed by atoms with Gasteiger partial charge in [-0.15, -0.1) is 0 Å². The quantitative estimate of drug-likeness (QED) is 0.900. The van der Waals surface area contributed by atoms with Crippen LogP contribution >= 0.6 is 15.9 Å². The Balaban J connectivity index is 2.02. The van der Waals surface area contributed by atoms with Crippen LogP contribution in [-0.2, 0) is 4.79 Å². The molecule has 0 saturated carbocycles. The number of amides is 1. The summed E-state index contributed by atoms with van der Waals surface area (Å²) in [6, 6.07) is 4.23. The van der Waals surface area contributed by atoms with Gasteiger partial charge < -0.3 is 10.6 Å². The van der Waals surface area contributed by atoms with Crippen molar-refractivity contribution >= 4 is 27.5 Å². The lowest BCUT2D eigenvalue weighted by Crippen LogP contribution is -2.48. The first-order valence-electron chi connectivity index (χ1n) is 5.54. The fraction of sp³-hybridized carbons (Fsp3) is 0.417. The summed E-state index contributed by atoms with van der Waals surface area (Å²) in [7, 11) is 0. The molecule has 2 rings (SSSR count). The topological polar surface area (TPSA) is 41.1 Å². The van der Waals surface area contributed by atoms with E-state index in [1.807, 2.05) is 6.92 Å². The standard InChI is InChI=1S/C12H14BrFN2O/c1-7(8-5-15-6-8)12(17)16-11-3-2-9(14)4-10(11)13/h2-4,7-8,15H,5-6H2,1H3,(H,16,17).